The highest BCUT2D eigenvalue weighted by molar-refractivity contribution is 14.0. The molecule has 2 aliphatic rings. The lowest BCUT2D eigenvalue weighted by atomic mass is 9.97. The third kappa shape index (κ3) is 8.88. The molecule has 0 saturated carbocycles. The lowest BCUT2D eigenvalue weighted by molar-refractivity contribution is -0.143. The van der Waals surface area contributed by atoms with Crippen LogP contribution in [0.3, 0.4) is 0 Å². The zero-order chi connectivity index (χ0) is 20.7. The molecule has 2 fully saturated rings. The number of aliphatic imine (C=N–C) groups is 1. The summed E-state index contributed by atoms with van der Waals surface area (Å²) in [4.78, 5) is 10.1. The maximum atomic E-state index is 12.6. The zero-order valence-electron chi connectivity index (χ0n) is 17.5. The predicted molar refractivity (Wildman–Crippen MR) is 128 cm³/mol. The van der Waals surface area contributed by atoms with Crippen LogP contribution in [0.25, 0.3) is 0 Å². The Morgan fingerprint density at radius 2 is 1.93 bits per heavy atom. The number of guanidine groups is 1. The van der Waals surface area contributed by atoms with Gasteiger partial charge in [-0.1, -0.05) is 6.07 Å². The molecule has 0 radical (unpaired) electrons. The maximum Gasteiger partial charge on any atom is 0.401 e. The van der Waals surface area contributed by atoms with E-state index >= 15 is 0 Å². The number of likely N-dealkylation sites (tertiary alicyclic amines) is 2. The van der Waals surface area contributed by atoms with Gasteiger partial charge in [-0.15, -0.1) is 35.3 Å². The van der Waals surface area contributed by atoms with Crippen LogP contribution in [-0.4, -0.2) is 73.8 Å². The number of rotatable bonds is 7. The van der Waals surface area contributed by atoms with Crippen LogP contribution < -0.4 is 10.6 Å². The van der Waals surface area contributed by atoms with E-state index < -0.39 is 12.7 Å². The molecule has 5 nitrogen and oxygen atoms in total. The smallest absolute Gasteiger partial charge is 0.357 e. The van der Waals surface area contributed by atoms with E-state index in [1.807, 2.05) is 18.3 Å². The monoisotopic (exact) mass is 559 g/mol. The molecule has 3 rings (SSSR count). The SMILES string of the molecule is CCNC(=NCC1CCN(Cc2cccs2)CC1)NC1CCN(CC(F)(F)F)C1.I. The van der Waals surface area contributed by atoms with Crippen LogP contribution in [0.5, 0.6) is 0 Å². The zero-order valence-corrected chi connectivity index (χ0v) is 20.6. The quantitative estimate of drug-likeness (QED) is 0.304. The fraction of sp³-hybridized carbons (Fsp3) is 0.750. The van der Waals surface area contributed by atoms with Crippen LogP contribution in [0.2, 0.25) is 0 Å². The van der Waals surface area contributed by atoms with Gasteiger partial charge in [0.05, 0.1) is 6.54 Å². The van der Waals surface area contributed by atoms with Crippen LogP contribution in [0.15, 0.2) is 22.5 Å². The van der Waals surface area contributed by atoms with E-state index in [0.717, 1.165) is 51.5 Å². The number of piperidine rings is 1. The summed E-state index contributed by atoms with van der Waals surface area (Å²) in [6.45, 7) is 6.78. The first-order chi connectivity index (χ1) is 13.9. The molecule has 172 valence electrons. The van der Waals surface area contributed by atoms with Gasteiger partial charge < -0.3 is 10.6 Å². The van der Waals surface area contributed by atoms with Crippen LogP contribution >= 0.6 is 35.3 Å². The highest BCUT2D eigenvalue weighted by Gasteiger charge is 2.34. The number of nitrogens with zero attached hydrogens (tertiary/aromatic N) is 3. The molecule has 2 N–H and O–H groups in total. The second kappa shape index (κ2) is 12.4. The number of alkyl halides is 3. The number of hydrogen-bond acceptors (Lipinski definition) is 4. The van der Waals surface area contributed by atoms with Crippen molar-refractivity contribution in [3.63, 3.8) is 0 Å². The Morgan fingerprint density at radius 1 is 1.20 bits per heavy atom. The van der Waals surface area contributed by atoms with E-state index in [0.29, 0.717) is 25.4 Å². The van der Waals surface area contributed by atoms with Gasteiger partial charge in [-0.3, -0.25) is 14.8 Å². The van der Waals surface area contributed by atoms with Crippen molar-refractivity contribution in [2.24, 2.45) is 10.9 Å². The van der Waals surface area contributed by atoms with Crippen molar-refractivity contribution in [1.82, 2.24) is 20.4 Å². The molecule has 2 saturated heterocycles. The van der Waals surface area contributed by atoms with Crippen molar-refractivity contribution >= 4 is 41.3 Å². The Hall–Kier alpha value is -0.590. The van der Waals surface area contributed by atoms with E-state index in [1.54, 1.807) is 0 Å². The second-order valence-electron chi connectivity index (χ2n) is 8.00. The van der Waals surface area contributed by atoms with Gasteiger partial charge in [-0.25, -0.2) is 0 Å². The summed E-state index contributed by atoms with van der Waals surface area (Å²) < 4.78 is 37.7. The summed E-state index contributed by atoms with van der Waals surface area (Å²) >= 11 is 1.81. The first-order valence-corrected chi connectivity index (χ1v) is 11.4. The van der Waals surface area contributed by atoms with Crippen LogP contribution in [0, 0.1) is 5.92 Å². The molecular formula is C20H33F3IN5S. The molecule has 0 aromatic carbocycles. The summed E-state index contributed by atoms with van der Waals surface area (Å²) in [5.41, 5.74) is 0. The van der Waals surface area contributed by atoms with Crippen molar-refractivity contribution in [2.45, 2.75) is 44.9 Å². The van der Waals surface area contributed by atoms with Crippen molar-refractivity contribution in [2.75, 3.05) is 45.8 Å². The molecule has 1 unspecified atom stereocenters. The van der Waals surface area contributed by atoms with Crippen molar-refractivity contribution in [1.29, 1.82) is 0 Å². The molecule has 2 aliphatic heterocycles. The number of hydrogen-bond donors (Lipinski definition) is 2. The third-order valence-electron chi connectivity index (χ3n) is 5.53. The van der Waals surface area contributed by atoms with Gasteiger partial charge in [0.2, 0.25) is 0 Å². The highest BCUT2D eigenvalue weighted by atomic mass is 127. The molecule has 10 heteroatoms. The van der Waals surface area contributed by atoms with Crippen molar-refractivity contribution < 1.29 is 13.2 Å². The van der Waals surface area contributed by atoms with Gasteiger partial charge in [-0.05, 0) is 56.6 Å². The number of halogens is 4. The highest BCUT2D eigenvalue weighted by Crippen LogP contribution is 2.22. The summed E-state index contributed by atoms with van der Waals surface area (Å²) in [7, 11) is 0. The van der Waals surface area contributed by atoms with Crippen LogP contribution in [0.1, 0.15) is 31.1 Å². The lowest BCUT2D eigenvalue weighted by Crippen LogP contribution is -2.45. The van der Waals surface area contributed by atoms with Gasteiger partial charge in [0, 0.05) is 43.6 Å². The number of nitrogens with one attached hydrogen (secondary N) is 2. The lowest BCUT2D eigenvalue weighted by Gasteiger charge is -2.31. The fourth-order valence-electron chi connectivity index (χ4n) is 4.03. The van der Waals surface area contributed by atoms with Crippen LogP contribution in [-0.2, 0) is 6.54 Å². The minimum atomic E-state index is -4.13. The van der Waals surface area contributed by atoms with E-state index in [1.165, 1.54) is 9.78 Å². The third-order valence-corrected chi connectivity index (χ3v) is 6.40. The van der Waals surface area contributed by atoms with Crippen molar-refractivity contribution in [3.05, 3.63) is 22.4 Å². The molecule has 1 aromatic heterocycles. The predicted octanol–water partition coefficient (Wildman–Crippen LogP) is 3.77. The molecule has 0 aliphatic carbocycles. The molecule has 0 amide bonds. The molecule has 0 bridgehead atoms. The standard InChI is InChI=1S/C20H32F3N5S.HI/c1-2-24-19(26-17-7-10-28(13-17)15-20(21,22)23)25-12-16-5-8-27(9-6-16)14-18-4-3-11-29-18;/h3-4,11,16-17H,2,5-10,12-15H2,1H3,(H2,24,25,26);1H. The van der Waals surface area contributed by atoms with E-state index in [4.69, 9.17) is 4.99 Å². The molecular weight excluding hydrogens is 526 g/mol. The van der Waals surface area contributed by atoms with E-state index in [-0.39, 0.29) is 30.0 Å². The van der Waals surface area contributed by atoms with Gasteiger partial charge in [0.25, 0.3) is 0 Å². The van der Waals surface area contributed by atoms with E-state index in [9.17, 15) is 13.2 Å². The Balaban J connectivity index is 0.00000320. The molecule has 1 aromatic rings. The Kier molecular flexibility index (Phi) is 10.7. The minimum Gasteiger partial charge on any atom is -0.357 e. The Morgan fingerprint density at radius 3 is 2.57 bits per heavy atom. The maximum absolute atomic E-state index is 12.6. The average Bonchev–Trinajstić information content (AvgIpc) is 3.32. The summed E-state index contributed by atoms with van der Waals surface area (Å²) in [5.74, 6) is 1.29. The minimum absolute atomic E-state index is 0. The van der Waals surface area contributed by atoms with Crippen LogP contribution in [0.4, 0.5) is 13.2 Å². The van der Waals surface area contributed by atoms with Gasteiger partial charge >= 0.3 is 6.18 Å². The normalized spacial score (nSPS) is 22.1. The Bertz CT molecular complexity index is 633. The van der Waals surface area contributed by atoms with Gasteiger partial charge in [0.1, 0.15) is 0 Å². The summed E-state index contributed by atoms with van der Waals surface area (Å²) in [6.07, 6.45) is -1.15. The largest absolute Gasteiger partial charge is 0.401 e. The first kappa shape index (κ1) is 25.7. The van der Waals surface area contributed by atoms with Gasteiger partial charge in [0.15, 0.2) is 5.96 Å². The molecule has 3 heterocycles. The summed E-state index contributed by atoms with van der Waals surface area (Å²) in [6, 6.07) is 4.31. The fourth-order valence-corrected chi connectivity index (χ4v) is 4.78. The average molecular weight is 559 g/mol. The topological polar surface area (TPSA) is 42.9 Å². The molecule has 30 heavy (non-hydrogen) atoms. The number of thiophene rings is 1. The first-order valence-electron chi connectivity index (χ1n) is 10.5. The van der Waals surface area contributed by atoms with Gasteiger partial charge in [-0.2, -0.15) is 13.2 Å². The second-order valence-corrected chi connectivity index (χ2v) is 9.03. The van der Waals surface area contributed by atoms with E-state index in [2.05, 4.69) is 33.0 Å². The molecule has 0 spiro atoms. The van der Waals surface area contributed by atoms with Crippen molar-refractivity contribution in [3.8, 4) is 0 Å². The summed E-state index contributed by atoms with van der Waals surface area (Å²) in [5, 5.41) is 8.70. The Labute approximate surface area is 198 Å². The molecule has 1 atom stereocenters.